The number of allylic oxidation sites excluding steroid dienone is 4. The lowest BCUT2D eigenvalue weighted by Crippen LogP contribution is -2.35. The Labute approximate surface area is 182 Å². The molecule has 2 fully saturated rings. The molecule has 3 rings (SSSR count). The number of hydrogen-bond acceptors (Lipinski definition) is 4. The molecule has 4 atom stereocenters. The average molecular weight is 417 g/mol. The molecule has 4 nitrogen and oxygen atoms in total. The van der Waals surface area contributed by atoms with Crippen LogP contribution in [0, 0.1) is 11.3 Å². The Bertz CT molecular complexity index is 727. The van der Waals surface area contributed by atoms with E-state index in [0.29, 0.717) is 44.8 Å². The largest absolute Gasteiger partial charge is 0.393 e. The fraction of sp³-hybridized carbons (Fsp3) is 0.692. The Morgan fingerprint density at radius 1 is 1.27 bits per heavy atom. The van der Waals surface area contributed by atoms with E-state index in [1.807, 2.05) is 13.8 Å². The van der Waals surface area contributed by atoms with Crippen molar-refractivity contribution in [3.05, 3.63) is 47.1 Å². The lowest BCUT2D eigenvalue weighted by molar-refractivity contribution is -0.0484. The molecule has 4 heteroatoms. The SMILES string of the molecule is C=C1C(=CC=C2CCC[C@]3(C)C(COCC(O)(CC)CC)=CC[C@@H]23)C[C@@H](O)C[C@@H]1O. The van der Waals surface area contributed by atoms with Gasteiger partial charge in [0.25, 0.3) is 0 Å². The third-order valence-electron chi connectivity index (χ3n) is 7.92. The van der Waals surface area contributed by atoms with Gasteiger partial charge in [0.15, 0.2) is 0 Å². The maximum Gasteiger partial charge on any atom is 0.0875 e. The van der Waals surface area contributed by atoms with Gasteiger partial charge in [-0.15, -0.1) is 0 Å². The monoisotopic (exact) mass is 416 g/mol. The minimum absolute atomic E-state index is 0.113. The van der Waals surface area contributed by atoms with Crippen molar-refractivity contribution in [1.82, 2.24) is 0 Å². The first-order chi connectivity index (χ1) is 14.2. The lowest BCUT2D eigenvalue weighted by atomic mass is 9.64. The number of fused-ring (bicyclic) bond motifs is 1. The zero-order chi connectivity index (χ0) is 21.9. The van der Waals surface area contributed by atoms with Crippen LogP contribution in [-0.4, -0.2) is 46.3 Å². The average Bonchev–Trinajstić information content (AvgIpc) is 3.06. The first kappa shape index (κ1) is 23.5. The van der Waals surface area contributed by atoms with Gasteiger partial charge in [0.1, 0.15) is 0 Å². The van der Waals surface area contributed by atoms with Crippen molar-refractivity contribution in [3.8, 4) is 0 Å². The number of rotatable bonds is 7. The van der Waals surface area contributed by atoms with Crippen LogP contribution in [0.15, 0.2) is 47.1 Å². The fourth-order valence-electron chi connectivity index (χ4n) is 5.40. The second-order valence-corrected chi connectivity index (χ2v) is 9.78. The number of aliphatic hydroxyl groups is 3. The molecule has 0 spiro atoms. The molecule has 0 aromatic carbocycles. The molecule has 3 aliphatic rings. The van der Waals surface area contributed by atoms with E-state index >= 15 is 0 Å². The van der Waals surface area contributed by atoms with Gasteiger partial charge in [0, 0.05) is 6.42 Å². The summed E-state index contributed by atoms with van der Waals surface area (Å²) in [4.78, 5) is 0. The molecular weight excluding hydrogens is 376 g/mol. The second-order valence-electron chi connectivity index (χ2n) is 9.78. The summed E-state index contributed by atoms with van der Waals surface area (Å²) in [5.74, 6) is 0.477. The molecule has 0 radical (unpaired) electrons. The summed E-state index contributed by atoms with van der Waals surface area (Å²) in [6.45, 7) is 11.4. The van der Waals surface area contributed by atoms with Gasteiger partial charge in [0.2, 0.25) is 0 Å². The molecule has 168 valence electrons. The summed E-state index contributed by atoms with van der Waals surface area (Å²) in [6.07, 6.45) is 12.3. The molecule has 0 heterocycles. The summed E-state index contributed by atoms with van der Waals surface area (Å²) >= 11 is 0. The minimum Gasteiger partial charge on any atom is -0.393 e. The quantitative estimate of drug-likeness (QED) is 0.530. The van der Waals surface area contributed by atoms with E-state index in [1.165, 1.54) is 11.1 Å². The van der Waals surface area contributed by atoms with Crippen molar-refractivity contribution >= 4 is 0 Å². The summed E-state index contributed by atoms with van der Waals surface area (Å²) in [5.41, 5.74) is 3.92. The second kappa shape index (κ2) is 9.52. The maximum atomic E-state index is 10.5. The normalized spacial score (nSPS) is 35.1. The molecule has 2 saturated carbocycles. The van der Waals surface area contributed by atoms with Gasteiger partial charge in [-0.2, -0.15) is 0 Å². The number of ether oxygens (including phenoxy) is 1. The molecular formula is C26H40O4. The molecule has 3 aliphatic carbocycles. The maximum absolute atomic E-state index is 10.5. The minimum atomic E-state index is -0.721. The van der Waals surface area contributed by atoms with E-state index in [4.69, 9.17) is 4.74 Å². The van der Waals surface area contributed by atoms with Gasteiger partial charge in [-0.1, -0.05) is 51.2 Å². The molecule has 0 aromatic rings. The smallest absolute Gasteiger partial charge is 0.0875 e. The van der Waals surface area contributed by atoms with Crippen LogP contribution in [0.2, 0.25) is 0 Å². The van der Waals surface area contributed by atoms with Gasteiger partial charge in [-0.25, -0.2) is 0 Å². The first-order valence-corrected chi connectivity index (χ1v) is 11.7. The van der Waals surface area contributed by atoms with E-state index in [2.05, 4.69) is 31.7 Å². The van der Waals surface area contributed by atoms with Crippen LogP contribution in [0.1, 0.15) is 72.1 Å². The van der Waals surface area contributed by atoms with Gasteiger partial charge in [-0.05, 0) is 73.0 Å². The standard InChI is InChI=1S/C26H40O4/c1-5-26(29,6-2)17-30-16-21-11-12-23-19(8-7-13-25(21,23)4)9-10-20-14-22(27)15-24(28)18(20)3/h9-11,22-24,27-29H,3,5-8,12-17H2,1-2,4H3/t22-,23+,24+,25-/m1/s1. The van der Waals surface area contributed by atoms with Crippen LogP contribution >= 0.6 is 0 Å². The zero-order valence-electron chi connectivity index (χ0n) is 19.0. The number of hydrogen-bond donors (Lipinski definition) is 3. The van der Waals surface area contributed by atoms with Crippen molar-refractivity contribution in [2.24, 2.45) is 11.3 Å². The van der Waals surface area contributed by atoms with Crippen molar-refractivity contribution in [2.45, 2.75) is 89.9 Å². The zero-order valence-corrected chi connectivity index (χ0v) is 19.0. The van der Waals surface area contributed by atoms with Crippen molar-refractivity contribution in [3.63, 3.8) is 0 Å². The number of aliphatic hydroxyl groups excluding tert-OH is 2. The van der Waals surface area contributed by atoms with Crippen molar-refractivity contribution in [1.29, 1.82) is 0 Å². The molecule has 0 saturated heterocycles. The Balaban J connectivity index is 1.68. The Morgan fingerprint density at radius 2 is 2.00 bits per heavy atom. The highest BCUT2D eigenvalue weighted by Crippen LogP contribution is 2.54. The predicted molar refractivity (Wildman–Crippen MR) is 121 cm³/mol. The summed E-state index contributed by atoms with van der Waals surface area (Å²) in [5, 5.41) is 30.6. The van der Waals surface area contributed by atoms with Crippen molar-refractivity contribution < 1.29 is 20.1 Å². The summed E-state index contributed by atoms with van der Waals surface area (Å²) in [6, 6.07) is 0. The Kier molecular flexibility index (Phi) is 7.44. The Morgan fingerprint density at radius 3 is 2.70 bits per heavy atom. The molecule has 0 unspecified atom stereocenters. The van der Waals surface area contributed by atoms with E-state index in [0.717, 1.165) is 36.8 Å². The molecule has 30 heavy (non-hydrogen) atoms. The van der Waals surface area contributed by atoms with Crippen LogP contribution in [0.4, 0.5) is 0 Å². The van der Waals surface area contributed by atoms with Crippen molar-refractivity contribution in [2.75, 3.05) is 13.2 Å². The van der Waals surface area contributed by atoms with E-state index in [9.17, 15) is 15.3 Å². The third kappa shape index (κ3) is 4.83. The van der Waals surface area contributed by atoms with E-state index in [-0.39, 0.29) is 5.41 Å². The highest BCUT2D eigenvalue weighted by Gasteiger charge is 2.44. The van der Waals surface area contributed by atoms with E-state index < -0.39 is 17.8 Å². The lowest BCUT2D eigenvalue weighted by Gasteiger charge is -2.41. The molecule has 3 N–H and O–H groups in total. The van der Waals surface area contributed by atoms with Gasteiger partial charge in [0.05, 0.1) is 31.0 Å². The predicted octanol–water partition coefficient (Wildman–Crippen LogP) is 4.62. The molecule has 0 aliphatic heterocycles. The first-order valence-electron chi connectivity index (χ1n) is 11.7. The molecule has 0 amide bonds. The highest BCUT2D eigenvalue weighted by atomic mass is 16.5. The van der Waals surface area contributed by atoms with Gasteiger partial charge in [-0.3, -0.25) is 0 Å². The van der Waals surface area contributed by atoms with Gasteiger partial charge >= 0.3 is 0 Å². The van der Waals surface area contributed by atoms with Crippen LogP contribution in [0.25, 0.3) is 0 Å². The molecule has 0 bridgehead atoms. The Hall–Kier alpha value is -1.20. The summed E-state index contributed by atoms with van der Waals surface area (Å²) < 4.78 is 5.99. The van der Waals surface area contributed by atoms with Crippen LogP contribution < -0.4 is 0 Å². The molecule has 0 aromatic heterocycles. The van der Waals surface area contributed by atoms with Crippen LogP contribution in [0.3, 0.4) is 0 Å². The van der Waals surface area contributed by atoms with Gasteiger partial charge < -0.3 is 20.1 Å². The fourth-order valence-corrected chi connectivity index (χ4v) is 5.40. The third-order valence-corrected chi connectivity index (χ3v) is 7.92. The van der Waals surface area contributed by atoms with Crippen LogP contribution in [-0.2, 0) is 4.74 Å². The highest BCUT2D eigenvalue weighted by molar-refractivity contribution is 5.40. The topological polar surface area (TPSA) is 69.9 Å². The van der Waals surface area contributed by atoms with Crippen LogP contribution in [0.5, 0.6) is 0 Å². The van der Waals surface area contributed by atoms with E-state index in [1.54, 1.807) is 0 Å². The summed E-state index contributed by atoms with van der Waals surface area (Å²) in [7, 11) is 0.